The number of fused-ring (bicyclic) bond motifs is 1. The molecule has 2 N–H and O–H groups in total. The van der Waals surface area contributed by atoms with E-state index in [0.717, 1.165) is 43.2 Å². The summed E-state index contributed by atoms with van der Waals surface area (Å²) >= 11 is 0. The molecule has 23 heavy (non-hydrogen) atoms. The Morgan fingerprint density at radius 2 is 2.17 bits per heavy atom. The average molecular weight is 312 g/mol. The summed E-state index contributed by atoms with van der Waals surface area (Å²) in [4.78, 5) is 20.2. The van der Waals surface area contributed by atoms with Crippen molar-refractivity contribution in [1.82, 2.24) is 30.0 Å². The first kappa shape index (κ1) is 13.3. The van der Waals surface area contributed by atoms with Gasteiger partial charge in [0, 0.05) is 31.3 Å². The van der Waals surface area contributed by atoms with Crippen LogP contribution in [0.25, 0.3) is 0 Å². The molecular weight excluding hydrogens is 292 g/mol. The van der Waals surface area contributed by atoms with Gasteiger partial charge in [-0.1, -0.05) is 0 Å². The van der Waals surface area contributed by atoms with Gasteiger partial charge in [-0.3, -0.25) is 4.79 Å². The molecule has 0 saturated heterocycles. The van der Waals surface area contributed by atoms with Crippen LogP contribution in [0.1, 0.15) is 55.5 Å². The van der Waals surface area contributed by atoms with Gasteiger partial charge in [0.15, 0.2) is 0 Å². The lowest BCUT2D eigenvalue weighted by Gasteiger charge is -2.26. The van der Waals surface area contributed by atoms with Gasteiger partial charge in [-0.2, -0.15) is 0 Å². The van der Waals surface area contributed by atoms with Crippen LogP contribution in [0, 0.1) is 5.92 Å². The Balaban J connectivity index is 1.33. The van der Waals surface area contributed by atoms with E-state index in [2.05, 4.69) is 30.0 Å². The lowest BCUT2D eigenvalue weighted by atomic mass is 9.97. The van der Waals surface area contributed by atoms with Crippen molar-refractivity contribution in [1.29, 1.82) is 0 Å². The molecule has 2 aromatic heterocycles. The summed E-state index contributed by atoms with van der Waals surface area (Å²) in [6.07, 6.45) is 9.58. The van der Waals surface area contributed by atoms with Crippen LogP contribution in [0.5, 0.6) is 0 Å². The van der Waals surface area contributed by atoms with Crippen molar-refractivity contribution in [3.63, 3.8) is 0 Å². The fraction of sp³-hybridized carbons (Fsp3) is 0.625. The fourth-order valence-electron chi connectivity index (χ4n) is 3.62. The van der Waals surface area contributed by atoms with Gasteiger partial charge < -0.3 is 14.9 Å². The number of carbonyl (C=O) groups excluding carboxylic acids is 1. The highest BCUT2D eigenvalue weighted by molar-refractivity contribution is 5.80. The number of H-pyrrole nitrogens is 1. The molecule has 120 valence electrons. The lowest BCUT2D eigenvalue weighted by molar-refractivity contribution is -0.127. The van der Waals surface area contributed by atoms with Crippen LogP contribution in [-0.4, -0.2) is 30.6 Å². The molecule has 1 aliphatic heterocycles. The first-order chi connectivity index (χ1) is 11.3. The molecule has 0 bridgehead atoms. The number of imidazole rings is 1. The van der Waals surface area contributed by atoms with Crippen molar-refractivity contribution < 1.29 is 4.79 Å². The molecule has 0 spiro atoms. The van der Waals surface area contributed by atoms with Crippen molar-refractivity contribution in [2.75, 3.05) is 0 Å². The second-order valence-electron chi connectivity index (χ2n) is 7.10. The summed E-state index contributed by atoms with van der Waals surface area (Å²) in [7, 11) is 0. The Bertz CT molecular complexity index is 741. The summed E-state index contributed by atoms with van der Waals surface area (Å²) in [5.41, 5.74) is -0.257. The van der Waals surface area contributed by atoms with Crippen LogP contribution in [0.2, 0.25) is 0 Å². The molecule has 2 aliphatic carbocycles. The number of aryl methyl sites for hydroxylation is 1. The van der Waals surface area contributed by atoms with Crippen molar-refractivity contribution in [2.45, 2.75) is 56.5 Å². The summed E-state index contributed by atoms with van der Waals surface area (Å²) in [6, 6.07) is 0. The first-order valence-corrected chi connectivity index (χ1v) is 8.49. The van der Waals surface area contributed by atoms with Crippen molar-refractivity contribution in [3.8, 4) is 0 Å². The van der Waals surface area contributed by atoms with Gasteiger partial charge in [0.25, 0.3) is 0 Å². The van der Waals surface area contributed by atoms with Crippen LogP contribution in [0.4, 0.5) is 0 Å². The van der Waals surface area contributed by atoms with Crippen molar-refractivity contribution in [3.05, 3.63) is 29.9 Å². The number of nitrogens with zero attached hydrogens (tertiary/aromatic N) is 4. The van der Waals surface area contributed by atoms with E-state index in [9.17, 15) is 4.79 Å². The standard InChI is InChI=1S/C16H20N6O/c23-14(19-16(5-6-16)15-17-7-8-18-15)11-3-4-12-20-21-13(10-1-2-10)22(12)9-11/h7-8,10-11H,1-6,9H2,(H,17,18)(H,19,23). The molecule has 0 radical (unpaired) electrons. The van der Waals surface area contributed by atoms with Crippen LogP contribution in [-0.2, 0) is 23.3 Å². The molecule has 7 nitrogen and oxygen atoms in total. The average Bonchev–Trinajstić information content (AvgIpc) is 3.46. The SMILES string of the molecule is O=C(NC1(c2ncc[nH]2)CC1)C1CCc2nnc(C3CC3)n2C1. The molecule has 1 atom stereocenters. The van der Waals surface area contributed by atoms with Gasteiger partial charge >= 0.3 is 0 Å². The fourth-order valence-corrected chi connectivity index (χ4v) is 3.62. The second-order valence-corrected chi connectivity index (χ2v) is 7.10. The Labute approximate surface area is 133 Å². The van der Waals surface area contributed by atoms with Gasteiger partial charge in [-0.25, -0.2) is 4.98 Å². The highest BCUT2D eigenvalue weighted by Crippen LogP contribution is 2.44. The number of amides is 1. The quantitative estimate of drug-likeness (QED) is 0.889. The van der Waals surface area contributed by atoms with E-state index >= 15 is 0 Å². The topological polar surface area (TPSA) is 88.5 Å². The van der Waals surface area contributed by atoms with Crippen molar-refractivity contribution in [2.24, 2.45) is 5.92 Å². The monoisotopic (exact) mass is 312 g/mol. The highest BCUT2D eigenvalue weighted by atomic mass is 16.2. The Kier molecular flexibility index (Phi) is 2.69. The number of hydrogen-bond acceptors (Lipinski definition) is 4. The molecule has 2 saturated carbocycles. The molecule has 5 rings (SSSR count). The van der Waals surface area contributed by atoms with Crippen molar-refractivity contribution >= 4 is 5.91 Å². The summed E-state index contributed by atoms with van der Waals surface area (Å²) in [5.74, 6) is 3.72. The van der Waals surface area contributed by atoms with Crippen LogP contribution in [0.15, 0.2) is 12.4 Å². The van der Waals surface area contributed by atoms with E-state index in [1.54, 1.807) is 6.20 Å². The number of carbonyl (C=O) groups is 1. The highest BCUT2D eigenvalue weighted by Gasteiger charge is 2.49. The second kappa shape index (κ2) is 4.66. The molecule has 3 aliphatic rings. The predicted molar refractivity (Wildman–Crippen MR) is 81.5 cm³/mol. The maximum atomic E-state index is 12.8. The zero-order valence-electron chi connectivity index (χ0n) is 13.0. The lowest BCUT2D eigenvalue weighted by Crippen LogP contribution is -2.42. The van der Waals surface area contributed by atoms with Gasteiger partial charge in [0.2, 0.25) is 5.91 Å². The smallest absolute Gasteiger partial charge is 0.225 e. The van der Waals surface area contributed by atoms with E-state index in [4.69, 9.17) is 0 Å². The van der Waals surface area contributed by atoms with Crippen LogP contribution >= 0.6 is 0 Å². The van der Waals surface area contributed by atoms with E-state index in [-0.39, 0.29) is 17.4 Å². The molecule has 0 aromatic carbocycles. The maximum absolute atomic E-state index is 12.8. The van der Waals surface area contributed by atoms with Gasteiger partial charge in [0.1, 0.15) is 17.5 Å². The zero-order valence-corrected chi connectivity index (χ0v) is 13.0. The minimum absolute atomic E-state index is 0.00318. The number of nitrogens with one attached hydrogen (secondary N) is 2. The number of rotatable bonds is 4. The molecule has 2 aromatic rings. The molecular formula is C16H20N6O. The number of aromatic nitrogens is 5. The molecule has 7 heteroatoms. The molecule has 2 fully saturated rings. The summed E-state index contributed by atoms with van der Waals surface area (Å²) in [6.45, 7) is 0.717. The van der Waals surface area contributed by atoms with E-state index in [1.165, 1.54) is 12.8 Å². The van der Waals surface area contributed by atoms with E-state index in [1.807, 2.05) is 6.20 Å². The Morgan fingerprint density at radius 1 is 1.30 bits per heavy atom. The minimum atomic E-state index is -0.257. The predicted octanol–water partition coefficient (Wildman–Crippen LogP) is 1.25. The summed E-state index contributed by atoms with van der Waals surface area (Å²) in [5, 5.41) is 11.9. The van der Waals surface area contributed by atoms with Gasteiger partial charge in [-0.15, -0.1) is 10.2 Å². The molecule has 3 heterocycles. The Morgan fingerprint density at radius 3 is 2.87 bits per heavy atom. The Hall–Kier alpha value is -2.18. The van der Waals surface area contributed by atoms with E-state index in [0.29, 0.717) is 12.5 Å². The third kappa shape index (κ3) is 2.17. The third-order valence-electron chi connectivity index (χ3n) is 5.35. The molecule has 1 amide bonds. The maximum Gasteiger partial charge on any atom is 0.225 e. The third-order valence-corrected chi connectivity index (χ3v) is 5.35. The van der Waals surface area contributed by atoms with E-state index < -0.39 is 0 Å². The summed E-state index contributed by atoms with van der Waals surface area (Å²) < 4.78 is 2.19. The minimum Gasteiger partial charge on any atom is -0.347 e. The number of aromatic amines is 1. The molecule has 1 unspecified atom stereocenters. The van der Waals surface area contributed by atoms with Gasteiger partial charge in [0.05, 0.1) is 11.5 Å². The number of hydrogen-bond donors (Lipinski definition) is 2. The zero-order chi connectivity index (χ0) is 15.4. The largest absolute Gasteiger partial charge is 0.347 e. The first-order valence-electron chi connectivity index (χ1n) is 8.49. The van der Waals surface area contributed by atoms with Gasteiger partial charge in [-0.05, 0) is 32.1 Å². The van der Waals surface area contributed by atoms with Crippen LogP contribution < -0.4 is 5.32 Å². The normalized spacial score (nSPS) is 25.0. The van der Waals surface area contributed by atoms with Crippen LogP contribution in [0.3, 0.4) is 0 Å².